The predicted octanol–water partition coefficient (Wildman–Crippen LogP) is -2.74. The summed E-state index contributed by atoms with van der Waals surface area (Å²) in [5.41, 5.74) is 22.1. The normalized spacial score (nSPS) is 26.2. The van der Waals surface area contributed by atoms with Gasteiger partial charge in [0.2, 0.25) is 29.5 Å². The summed E-state index contributed by atoms with van der Waals surface area (Å²) in [6, 6.07) is -4.62. The van der Waals surface area contributed by atoms with Gasteiger partial charge < -0.3 is 49.1 Å². The van der Waals surface area contributed by atoms with E-state index in [1.165, 1.54) is 11.8 Å². The fourth-order valence-corrected chi connectivity index (χ4v) is 5.00. The predicted molar refractivity (Wildman–Crippen MR) is 154 cm³/mol. The molecule has 0 aromatic rings. The number of nitrogens with zero attached hydrogens (tertiary/aromatic N) is 2. The maximum absolute atomic E-state index is 13.7. The highest BCUT2D eigenvalue weighted by Gasteiger charge is 2.39. The highest BCUT2D eigenvalue weighted by atomic mass is 16.2. The summed E-state index contributed by atoms with van der Waals surface area (Å²) in [6.07, 6.45) is 4.63. The molecule has 15 heteroatoms. The fourth-order valence-electron chi connectivity index (χ4n) is 5.00. The molecular formula is C26H48N10O5. The Labute approximate surface area is 241 Å². The minimum absolute atomic E-state index is 0.0836. The summed E-state index contributed by atoms with van der Waals surface area (Å²) in [7, 11) is 0. The molecule has 2 aliphatic rings. The maximum atomic E-state index is 13.7. The summed E-state index contributed by atoms with van der Waals surface area (Å²) in [5.74, 6) is -2.58. The third kappa shape index (κ3) is 10.8. The molecule has 0 spiro atoms. The molecule has 0 aliphatic carbocycles. The molecule has 2 fully saturated rings. The third-order valence-electron chi connectivity index (χ3n) is 7.31. The van der Waals surface area contributed by atoms with Gasteiger partial charge >= 0.3 is 0 Å². The second-order valence-electron chi connectivity index (χ2n) is 10.6. The van der Waals surface area contributed by atoms with Gasteiger partial charge in [-0.05, 0) is 84.2 Å². The number of fused-ring (bicyclic) bond motifs is 1. The van der Waals surface area contributed by atoms with Crippen molar-refractivity contribution in [1.82, 2.24) is 26.2 Å². The number of carbonyl (C=O) groups excluding carboxylic acids is 5. The largest absolute Gasteiger partial charge is 0.370 e. The van der Waals surface area contributed by atoms with E-state index in [2.05, 4.69) is 26.3 Å². The molecule has 2 rings (SSSR count). The van der Waals surface area contributed by atoms with Crippen LogP contribution in [0.15, 0.2) is 4.99 Å². The van der Waals surface area contributed by atoms with Gasteiger partial charge in [-0.1, -0.05) is 0 Å². The summed E-state index contributed by atoms with van der Waals surface area (Å²) in [4.78, 5) is 72.2. The van der Waals surface area contributed by atoms with E-state index in [0.29, 0.717) is 71.0 Å². The van der Waals surface area contributed by atoms with Crippen LogP contribution in [0.25, 0.3) is 0 Å². The lowest BCUT2D eigenvalue weighted by Crippen LogP contribution is -2.57. The van der Waals surface area contributed by atoms with Gasteiger partial charge in [-0.3, -0.25) is 29.0 Å². The van der Waals surface area contributed by atoms with E-state index in [-0.39, 0.29) is 25.3 Å². The Morgan fingerprint density at radius 2 is 1.29 bits per heavy atom. The highest BCUT2D eigenvalue weighted by Crippen LogP contribution is 2.20. The van der Waals surface area contributed by atoms with Crippen LogP contribution in [0.3, 0.4) is 0 Å². The van der Waals surface area contributed by atoms with Gasteiger partial charge in [0.05, 0.1) is 0 Å². The lowest BCUT2D eigenvalue weighted by Gasteiger charge is -2.30. The first kappa shape index (κ1) is 33.7. The van der Waals surface area contributed by atoms with Crippen LogP contribution in [0, 0.1) is 0 Å². The highest BCUT2D eigenvalue weighted by molar-refractivity contribution is 5.98. The quantitative estimate of drug-likeness (QED) is 0.0676. The number of nitrogens with two attached hydrogens (primary N) is 4. The fraction of sp³-hybridized carbons (Fsp3) is 0.769. The monoisotopic (exact) mass is 580 g/mol. The zero-order chi connectivity index (χ0) is 30.4. The number of rotatable bonds is 12. The van der Waals surface area contributed by atoms with Crippen molar-refractivity contribution in [3.05, 3.63) is 0 Å². The minimum atomic E-state index is -0.971. The molecule has 0 aromatic heterocycles. The number of unbranched alkanes of at least 4 members (excludes halogenated alkanes) is 2. The van der Waals surface area contributed by atoms with Gasteiger partial charge in [0.25, 0.3) is 0 Å². The molecule has 41 heavy (non-hydrogen) atoms. The smallest absolute Gasteiger partial charge is 0.245 e. The topological polar surface area (TPSA) is 253 Å². The van der Waals surface area contributed by atoms with E-state index >= 15 is 0 Å². The lowest BCUT2D eigenvalue weighted by molar-refractivity contribution is -0.142. The van der Waals surface area contributed by atoms with Crippen molar-refractivity contribution in [3.63, 3.8) is 0 Å². The van der Waals surface area contributed by atoms with Crippen LogP contribution in [-0.2, 0) is 24.0 Å². The van der Waals surface area contributed by atoms with Crippen molar-refractivity contribution in [2.75, 3.05) is 26.2 Å². The van der Waals surface area contributed by atoms with E-state index in [9.17, 15) is 24.0 Å². The summed E-state index contributed by atoms with van der Waals surface area (Å²) in [5, 5.41) is 11.0. The molecule has 15 nitrogen and oxygen atoms in total. The molecule has 0 radical (unpaired) electrons. The Hall–Kier alpha value is -3.46. The van der Waals surface area contributed by atoms with Crippen molar-refractivity contribution in [3.8, 4) is 0 Å². The van der Waals surface area contributed by atoms with E-state index in [4.69, 9.17) is 22.9 Å². The van der Waals surface area contributed by atoms with Crippen LogP contribution in [0.1, 0.15) is 71.1 Å². The molecule has 5 atom stereocenters. The number of carbonyl (C=O) groups is 5. The molecule has 0 aromatic carbocycles. The Balaban J connectivity index is 2.42. The number of nitrogens with one attached hydrogen (secondary N) is 4. The molecule has 232 valence electrons. The average Bonchev–Trinajstić information content (AvgIpc) is 3.42. The van der Waals surface area contributed by atoms with Gasteiger partial charge in [0.15, 0.2) is 5.96 Å². The number of hydrogen-bond donors (Lipinski definition) is 8. The zero-order valence-electron chi connectivity index (χ0n) is 24.0. The maximum Gasteiger partial charge on any atom is 0.245 e. The van der Waals surface area contributed by atoms with E-state index in [1.54, 1.807) is 0 Å². The molecule has 2 saturated heterocycles. The van der Waals surface area contributed by atoms with E-state index in [1.807, 2.05) is 0 Å². The van der Waals surface area contributed by atoms with Crippen molar-refractivity contribution in [1.29, 1.82) is 0 Å². The van der Waals surface area contributed by atoms with Crippen LogP contribution in [-0.4, -0.2) is 96.8 Å². The lowest BCUT2D eigenvalue weighted by atomic mass is 10.0. The molecule has 0 bridgehead atoms. The van der Waals surface area contributed by atoms with Crippen molar-refractivity contribution in [2.24, 2.45) is 27.9 Å². The number of aliphatic imine (C=N–C) groups is 1. The van der Waals surface area contributed by atoms with Crippen LogP contribution in [0.5, 0.6) is 0 Å². The molecule has 0 unspecified atom stereocenters. The SMILES string of the molecule is C[C@@H]1NC(=O)[C@H]2CCCN2C(=O)[C@H](CCCN=C(N)N)NC(=O)[C@H](CCCCN)NC(=O)[C@H](CCCCN)NC1=O. The average molecular weight is 581 g/mol. The van der Waals surface area contributed by atoms with E-state index < -0.39 is 59.7 Å². The van der Waals surface area contributed by atoms with Crippen molar-refractivity contribution in [2.45, 2.75) is 101 Å². The van der Waals surface area contributed by atoms with Gasteiger partial charge in [-0.2, -0.15) is 0 Å². The van der Waals surface area contributed by atoms with Crippen molar-refractivity contribution < 1.29 is 24.0 Å². The summed E-state index contributed by atoms with van der Waals surface area (Å²) < 4.78 is 0. The second-order valence-corrected chi connectivity index (χ2v) is 10.6. The van der Waals surface area contributed by atoms with E-state index in [0.717, 1.165) is 0 Å². The molecule has 5 amide bonds. The molecular weight excluding hydrogens is 532 g/mol. The molecule has 0 saturated carbocycles. The van der Waals surface area contributed by atoms with Gasteiger partial charge in [0.1, 0.15) is 30.2 Å². The Morgan fingerprint density at radius 1 is 0.756 bits per heavy atom. The molecule has 12 N–H and O–H groups in total. The van der Waals surface area contributed by atoms with Crippen LogP contribution in [0.2, 0.25) is 0 Å². The first-order chi connectivity index (χ1) is 19.6. The van der Waals surface area contributed by atoms with Crippen molar-refractivity contribution >= 4 is 35.5 Å². The van der Waals surface area contributed by atoms with Gasteiger partial charge in [-0.15, -0.1) is 0 Å². The zero-order valence-corrected chi connectivity index (χ0v) is 24.0. The van der Waals surface area contributed by atoms with Gasteiger partial charge in [0, 0.05) is 13.1 Å². The van der Waals surface area contributed by atoms with Crippen LogP contribution in [0.4, 0.5) is 0 Å². The summed E-state index contributed by atoms with van der Waals surface area (Å²) >= 11 is 0. The number of hydrogen-bond acceptors (Lipinski definition) is 8. The standard InChI is InChI=1S/C26H48N10O5/c1-16-21(37)33-17(8-2-4-12-27)22(38)34-18(9-3-5-13-28)23(39)35-19(10-6-14-31-26(29)30)25(41)36-15-7-11-20(36)24(40)32-16/h16-20H,2-15,27-28H2,1H3,(H,32,40)(H,33,37)(H,34,38)(H,35,39)(H4,29,30,31)/t16-,17-,18-,19-,20+/m0/s1. The number of guanidine groups is 1. The first-order valence-electron chi connectivity index (χ1n) is 14.6. The first-order valence-corrected chi connectivity index (χ1v) is 14.6. The third-order valence-corrected chi connectivity index (χ3v) is 7.31. The number of amides is 5. The van der Waals surface area contributed by atoms with Gasteiger partial charge in [-0.25, -0.2) is 0 Å². The summed E-state index contributed by atoms with van der Waals surface area (Å²) in [6.45, 7) is 2.95. The minimum Gasteiger partial charge on any atom is -0.370 e. The van der Waals surface area contributed by atoms with Crippen LogP contribution >= 0.6 is 0 Å². The van der Waals surface area contributed by atoms with Crippen LogP contribution < -0.4 is 44.2 Å². The Kier molecular flexibility index (Phi) is 14.3. The second kappa shape index (κ2) is 17.4. The Morgan fingerprint density at radius 3 is 1.85 bits per heavy atom. The Bertz CT molecular complexity index is 942. The molecule has 2 heterocycles. The molecule has 2 aliphatic heterocycles.